The first-order chi connectivity index (χ1) is 14.4. The van der Waals surface area contributed by atoms with Gasteiger partial charge in [0.25, 0.3) is 0 Å². The van der Waals surface area contributed by atoms with Crippen LogP contribution in [0.1, 0.15) is 79.1 Å². The second-order valence-corrected chi connectivity index (χ2v) is 9.45. The van der Waals surface area contributed by atoms with Gasteiger partial charge in [-0.1, -0.05) is 51.9 Å². The van der Waals surface area contributed by atoms with E-state index in [1.807, 2.05) is 20.8 Å². The van der Waals surface area contributed by atoms with Crippen LogP contribution in [0.15, 0.2) is 0 Å². The maximum Gasteiger partial charge on any atom is 0.230 e. The molecule has 0 spiro atoms. The summed E-state index contributed by atoms with van der Waals surface area (Å²) in [5.41, 5.74) is 0. The number of nitrogens with one attached hydrogen (secondary N) is 1. The summed E-state index contributed by atoms with van der Waals surface area (Å²) < 4.78 is 31.1. The fourth-order valence-electron chi connectivity index (χ4n) is 4.86. The molecule has 0 saturated carbocycles. The molecule has 2 unspecified atom stereocenters. The average molecular weight is 430 g/mol. The molecule has 30 heavy (non-hydrogen) atoms. The van der Waals surface area contributed by atoms with Crippen molar-refractivity contribution in [2.75, 3.05) is 26.3 Å². The number of morpholine rings is 1. The van der Waals surface area contributed by atoms with E-state index < -0.39 is 36.0 Å². The quantitative estimate of drug-likeness (QED) is 0.462. The number of ether oxygens (including phenoxy) is 5. The molecule has 0 aromatic carbocycles. The van der Waals surface area contributed by atoms with Gasteiger partial charge in [-0.15, -0.1) is 0 Å². The molecule has 3 fully saturated rings. The van der Waals surface area contributed by atoms with Crippen LogP contribution in [0, 0.1) is 0 Å². The predicted molar refractivity (Wildman–Crippen MR) is 114 cm³/mol. The zero-order valence-corrected chi connectivity index (χ0v) is 19.4. The van der Waals surface area contributed by atoms with Gasteiger partial charge in [0.2, 0.25) is 5.79 Å². The average Bonchev–Trinajstić information content (AvgIpc) is 3.11. The maximum absolute atomic E-state index is 10.7. The predicted octanol–water partition coefficient (Wildman–Crippen LogP) is 3.13. The molecule has 3 heterocycles. The Bertz CT molecular complexity index is 512. The van der Waals surface area contributed by atoms with E-state index in [9.17, 15) is 5.11 Å². The molecule has 6 atom stereocenters. The molecule has 0 aliphatic carbocycles. The third-order valence-corrected chi connectivity index (χ3v) is 6.36. The van der Waals surface area contributed by atoms with Crippen LogP contribution in [-0.2, 0) is 23.7 Å². The molecule has 0 radical (unpaired) electrons. The lowest BCUT2D eigenvalue weighted by atomic mass is 9.96. The van der Waals surface area contributed by atoms with Crippen LogP contribution in [-0.4, -0.2) is 73.5 Å². The molecular weight excluding hydrogens is 386 g/mol. The molecule has 3 rings (SSSR count). The second-order valence-electron chi connectivity index (χ2n) is 9.45. The van der Waals surface area contributed by atoms with Crippen molar-refractivity contribution in [3.63, 3.8) is 0 Å². The van der Waals surface area contributed by atoms with Crippen LogP contribution in [0.2, 0.25) is 0 Å². The monoisotopic (exact) mass is 429 g/mol. The van der Waals surface area contributed by atoms with E-state index in [1.165, 1.54) is 38.5 Å². The summed E-state index contributed by atoms with van der Waals surface area (Å²) in [6, 6.07) is 0. The van der Waals surface area contributed by atoms with Crippen molar-refractivity contribution in [1.82, 2.24) is 5.32 Å². The van der Waals surface area contributed by atoms with Crippen LogP contribution < -0.4 is 5.32 Å². The van der Waals surface area contributed by atoms with Crippen molar-refractivity contribution in [2.45, 2.75) is 121 Å². The Labute approximate surface area is 182 Å². The number of unbranched alkanes of at least 4 members (excludes halogenated alkanes) is 7. The highest BCUT2D eigenvalue weighted by Gasteiger charge is 2.69. The third-order valence-electron chi connectivity index (χ3n) is 6.36. The maximum atomic E-state index is 10.7. The zero-order valence-electron chi connectivity index (χ0n) is 19.4. The molecule has 0 aromatic heterocycles. The van der Waals surface area contributed by atoms with E-state index in [-0.39, 0.29) is 6.10 Å². The van der Waals surface area contributed by atoms with Gasteiger partial charge in [0.05, 0.1) is 12.7 Å². The first-order valence-corrected chi connectivity index (χ1v) is 12.1. The van der Waals surface area contributed by atoms with Gasteiger partial charge in [0.15, 0.2) is 5.79 Å². The van der Waals surface area contributed by atoms with Crippen molar-refractivity contribution in [3.05, 3.63) is 0 Å². The van der Waals surface area contributed by atoms with Crippen molar-refractivity contribution in [2.24, 2.45) is 0 Å². The molecule has 176 valence electrons. The number of hydrogen-bond acceptors (Lipinski definition) is 7. The van der Waals surface area contributed by atoms with Crippen molar-refractivity contribution >= 4 is 0 Å². The van der Waals surface area contributed by atoms with E-state index in [0.29, 0.717) is 19.8 Å². The van der Waals surface area contributed by atoms with E-state index in [1.54, 1.807) is 0 Å². The molecule has 3 aliphatic rings. The topological polar surface area (TPSA) is 78.4 Å². The normalized spacial score (nSPS) is 36.7. The number of fused-ring (bicyclic) bond motifs is 1. The van der Waals surface area contributed by atoms with E-state index >= 15 is 0 Å². The Morgan fingerprint density at radius 1 is 1.07 bits per heavy atom. The van der Waals surface area contributed by atoms with Gasteiger partial charge in [-0.2, -0.15) is 0 Å². The summed E-state index contributed by atoms with van der Waals surface area (Å²) >= 11 is 0. The summed E-state index contributed by atoms with van der Waals surface area (Å²) in [7, 11) is 0. The Kier molecular flexibility index (Phi) is 8.96. The molecule has 0 bridgehead atoms. The lowest BCUT2D eigenvalue weighted by molar-refractivity contribution is -0.315. The molecule has 0 amide bonds. The van der Waals surface area contributed by atoms with Gasteiger partial charge in [-0.25, -0.2) is 0 Å². The smallest absolute Gasteiger partial charge is 0.230 e. The Balaban J connectivity index is 1.59. The molecule has 0 aromatic rings. The summed E-state index contributed by atoms with van der Waals surface area (Å²) in [6.45, 7) is 10.5. The van der Waals surface area contributed by atoms with Crippen molar-refractivity contribution in [3.8, 4) is 0 Å². The minimum atomic E-state index is -1.16. The van der Waals surface area contributed by atoms with Gasteiger partial charge in [-0.3, -0.25) is 0 Å². The van der Waals surface area contributed by atoms with Crippen LogP contribution in [0.25, 0.3) is 0 Å². The Hall–Kier alpha value is -0.280. The number of rotatable bonds is 12. The first-order valence-electron chi connectivity index (χ1n) is 12.1. The standard InChI is InChI=1S/C23H43NO6/c1-5-6-7-8-9-10-11-12-14-27-20(18-16-24-13-15-26-18)23-21(19(25)17(2)28-23)29-22(3,4)30-23/h17-21,24-25H,5-16H2,1-4H3/t17-,18?,19+,20?,21-,23-/m0/s1. The molecule has 2 N–H and O–H groups in total. The zero-order chi connectivity index (χ0) is 21.6. The molecule has 3 aliphatic heterocycles. The van der Waals surface area contributed by atoms with Crippen LogP contribution in [0.3, 0.4) is 0 Å². The Morgan fingerprint density at radius 3 is 2.43 bits per heavy atom. The Morgan fingerprint density at radius 2 is 1.77 bits per heavy atom. The summed E-state index contributed by atoms with van der Waals surface area (Å²) in [5, 5.41) is 14.1. The lowest BCUT2D eigenvalue weighted by Crippen LogP contribution is -2.61. The second kappa shape index (κ2) is 11.0. The van der Waals surface area contributed by atoms with Gasteiger partial charge >= 0.3 is 0 Å². The highest BCUT2D eigenvalue weighted by molar-refractivity contribution is 5.08. The molecular formula is C23H43NO6. The van der Waals surface area contributed by atoms with Crippen LogP contribution >= 0.6 is 0 Å². The minimum absolute atomic E-state index is 0.217. The van der Waals surface area contributed by atoms with Crippen LogP contribution in [0.4, 0.5) is 0 Å². The fraction of sp³-hybridized carbons (Fsp3) is 1.00. The number of aliphatic hydroxyl groups is 1. The molecule has 7 nitrogen and oxygen atoms in total. The van der Waals surface area contributed by atoms with Crippen molar-refractivity contribution < 1.29 is 28.8 Å². The van der Waals surface area contributed by atoms with Crippen molar-refractivity contribution in [1.29, 1.82) is 0 Å². The number of aliphatic hydroxyl groups excluding tert-OH is 1. The molecule has 7 heteroatoms. The van der Waals surface area contributed by atoms with Gasteiger partial charge < -0.3 is 34.1 Å². The molecule has 3 saturated heterocycles. The highest BCUT2D eigenvalue weighted by atomic mass is 16.9. The fourth-order valence-corrected chi connectivity index (χ4v) is 4.86. The third kappa shape index (κ3) is 5.74. The first kappa shape index (κ1) is 24.4. The highest BCUT2D eigenvalue weighted by Crippen LogP contribution is 2.49. The van der Waals surface area contributed by atoms with Crippen LogP contribution in [0.5, 0.6) is 0 Å². The van der Waals surface area contributed by atoms with E-state index in [4.69, 9.17) is 23.7 Å². The van der Waals surface area contributed by atoms with Gasteiger partial charge in [0, 0.05) is 19.7 Å². The summed E-state index contributed by atoms with van der Waals surface area (Å²) in [4.78, 5) is 0. The summed E-state index contributed by atoms with van der Waals surface area (Å²) in [5.74, 6) is -2.01. The van der Waals surface area contributed by atoms with E-state index in [0.717, 1.165) is 19.4 Å². The van der Waals surface area contributed by atoms with E-state index in [2.05, 4.69) is 12.2 Å². The minimum Gasteiger partial charge on any atom is -0.387 e. The van der Waals surface area contributed by atoms with Gasteiger partial charge in [-0.05, 0) is 27.2 Å². The summed E-state index contributed by atoms with van der Waals surface area (Å²) in [6.07, 6.45) is 7.53. The lowest BCUT2D eigenvalue weighted by Gasteiger charge is -2.41. The SMILES string of the molecule is CCCCCCCCCCOC(C1CNCCO1)[C@@]12O[C@@H](C)[C@@H](O)[C@@H]1OC(C)(C)O2. The number of hydrogen-bond donors (Lipinski definition) is 2. The largest absolute Gasteiger partial charge is 0.387 e. The van der Waals surface area contributed by atoms with Gasteiger partial charge in [0.1, 0.15) is 24.4 Å².